The molecule has 1 saturated heterocycles. The summed E-state index contributed by atoms with van der Waals surface area (Å²) in [6.07, 6.45) is -4.17. The van der Waals surface area contributed by atoms with Crippen LogP contribution in [0.5, 0.6) is 0 Å². The van der Waals surface area contributed by atoms with Crippen molar-refractivity contribution < 1.29 is 38.1 Å². The highest BCUT2D eigenvalue weighted by molar-refractivity contribution is 5.90. The van der Waals surface area contributed by atoms with Gasteiger partial charge in [-0.25, -0.2) is 14.4 Å². The van der Waals surface area contributed by atoms with Crippen molar-refractivity contribution in [3.63, 3.8) is 0 Å². The summed E-state index contributed by atoms with van der Waals surface area (Å²) in [5.74, 6) is -1.85. The van der Waals surface area contributed by atoms with E-state index in [2.05, 4.69) is 0 Å². The smallest absolute Gasteiger partial charge is 0.338 e. The molecule has 3 aromatic rings. The maximum absolute atomic E-state index is 12.8. The Morgan fingerprint density at radius 2 is 1.09 bits per heavy atom. The molecule has 4 atom stereocenters. The van der Waals surface area contributed by atoms with Gasteiger partial charge >= 0.3 is 17.9 Å². The highest BCUT2D eigenvalue weighted by Gasteiger charge is 2.50. The monoisotopic (exact) mass is 476 g/mol. The van der Waals surface area contributed by atoms with E-state index >= 15 is 0 Å². The Hall–Kier alpha value is -4.01. The molecule has 0 bridgehead atoms. The molecule has 0 aliphatic carbocycles. The first-order chi connectivity index (χ1) is 17.1. The highest BCUT2D eigenvalue weighted by atomic mass is 16.7. The summed E-state index contributed by atoms with van der Waals surface area (Å²) in [5.41, 5.74) is 0.981. The van der Waals surface area contributed by atoms with E-state index in [1.807, 2.05) is 0 Å². The molecule has 0 aromatic heterocycles. The van der Waals surface area contributed by atoms with Gasteiger partial charge in [0.2, 0.25) is 0 Å². The average Bonchev–Trinajstić information content (AvgIpc) is 3.24. The van der Waals surface area contributed by atoms with Gasteiger partial charge in [-0.15, -0.1) is 0 Å². The summed E-state index contributed by atoms with van der Waals surface area (Å²) in [6, 6.07) is 25.2. The predicted octanol–water partition coefficient (Wildman–Crippen LogP) is 3.67. The maximum Gasteiger partial charge on any atom is 0.338 e. The van der Waals surface area contributed by atoms with Crippen molar-refractivity contribution in [1.29, 1.82) is 0 Å². The average molecular weight is 476 g/mol. The van der Waals surface area contributed by atoms with Crippen LogP contribution in [0.2, 0.25) is 0 Å². The Morgan fingerprint density at radius 1 is 0.657 bits per heavy atom. The van der Waals surface area contributed by atoms with Crippen LogP contribution in [0, 0.1) is 0 Å². The Balaban J connectivity index is 1.54. The van der Waals surface area contributed by atoms with Crippen LogP contribution in [0.15, 0.2) is 91.0 Å². The lowest BCUT2D eigenvalue weighted by Gasteiger charge is -2.24. The number of ether oxygens (including phenoxy) is 5. The normalized spacial score (nSPS) is 21.2. The largest absolute Gasteiger partial charge is 0.459 e. The van der Waals surface area contributed by atoms with Crippen molar-refractivity contribution in [2.45, 2.75) is 24.6 Å². The Morgan fingerprint density at radius 3 is 1.54 bits per heavy atom. The first-order valence-electron chi connectivity index (χ1n) is 11.0. The van der Waals surface area contributed by atoms with E-state index < -0.39 is 42.5 Å². The van der Waals surface area contributed by atoms with Crippen LogP contribution in [0.25, 0.3) is 0 Å². The van der Waals surface area contributed by atoms with Crippen molar-refractivity contribution in [3.05, 3.63) is 108 Å². The molecule has 1 heterocycles. The fourth-order valence-electron chi connectivity index (χ4n) is 3.63. The van der Waals surface area contributed by atoms with Crippen LogP contribution in [-0.2, 0) is 23.7 Å². The number of esters is 3. The molecule has 1 fully saturated rings. The predicted molar refractivity (Wildman–Crippen MR) is 124 cm³/mol. The van der Waals surface area contributed by atoms with Gasteiger partial charge < -0.3 is 23.7 Å². The lowest BCUT2D eigenvalue weighted by atomic mass is 10.1. The molecule has 1 unspecified atom stereocenters. The molecule has 3 aromatic carbocycles. The van der Waals surface area contributed by atoms with E-state index in [0.29, 0.717) is 16.7 Å². The molecular formula is C27H24O8. The summed E-state index contributed by atoms with van der Waals surface area (Å²) in [7, 11) is 1.38. The molecule has 8 heteroatoms. The number of methoxy groups -OCH3 is 1. The van der Waals surface area contributed by atoms with Crippen LogP contribution < -0.4 is 0 Å². The molecule has 0 amide bonds. The minimum Gasteiger partial charge on any atom is -0.459 e. The molecule has 8 nitrogen and oxygen atoms in total. The summed E-state index contributed by atoms with van der Waals surface area (Å²) < 4.78 is 28.0. The van der Waals surface area contributed by atoms with Crippen molar-refractivity contribution in [3.8, 4) is 0 Å². The Labute approximate surface area is 202 Å². The number of carbonyl (C=O) groups excluding carboxylic acids is 3. The minimum absolute atomic E-state index is 0.250. The van der Waals surface area contributed by atoms with Crippen LogP contribution in [0.4, 0.5) is 0 Å². The van der Waals surface area contributed by atoms with Crippen molar-refractivity contribution in [1.82, 2.24) is 0 Å². The summed E-state index contributed by atoms with van der Waals surface area (Å²) in [5, 5.41) is 0. The molecule has 0 N–H and O–H groups in total. The molecule has 1 aliphatic heterocycles. The van der Waals surface area contributed by atoms with E-state index in [-0.39, 0.29) is 6.61 Å². The number of benzene rings is 3. The van der Waals surface area contributed by atoms with Gasteiger partial charge in [0.15, 0.2) is 18.5 Å². The lowest BCUT2D eigenvalue weighted by Crippen LogP contribution is -2.42. The fraction of sp³-hybridized carbons (Fsp3) is 0.222. The summed E-state index contributed by atoms with van der Waals surface area (Å²) in [6.45, 7) is -0.250. The first-order valence-corrected chi connectivity index (χ1v) is 11.0. The van der Waals surface area contributed by atoms with E-state index in [1.165, 1.54) is 7.11 Å². The molecule has 0 radical (unpaired) electrons. The van der Waals surface area contributed by atoms with Crippen molar-refractivity contribution in [2.75, 3.05) is 13.7 Å². The Bertz CT molecular complexity index is 1130. The first kappa shape index (κ1) is 24.1. The third-order valence-electron chi connectivity index (χ3n) is 5.39. The molecule has 1 aliphatic rings. The highest BCUT2D eigenvalue weighted by Crippen LogP contribution is 2.29. The van der Waals surface area contributed by atoms with Gasteiger partial charge in [-0.3, -0.25) is 0 Å². The fourth-order valence-corrected chi connectivity index (χ4v) is 3.63. The van der Waals surface area contributed by atoms with Crippen LogP contribution in [0.1, 0.15) is 31.1 Å². The third kappa shape index (κ3) is 5.92. The van der Waals surface area contributed by atoms with Gasteiger partial charge in [-0.2, -0.15) is 0 Å². The SMILES string of the molecule is CO[C@H]1O[C@@H](COC(=O)c2ccccc2)C(OC(=O)c2ccccc2)[C@@H]1OC(=O)c1ccccc1. The molecule has 0 spiro atoms. The zero-order valence-electron chi connectivity index (χ0n) is 18.9. The molecule has 180 valence electrons. The zero-order valence-corrected chi connectivity index (χ0v) is 18.9. The number of rotatable bonds is 8. The van der Waals surface area contributed by atoms with Gasteiger partial charge in [0.1, 0.15) is 12.7 Å². The zero-order chi connectivity index (χ0) is 24.6. The summed E-state index contributed by atoms with van der Waals surface area (Å²) in [4.78, 5) is 38.0. The van der Waals surface area contributed by atoms with Crippen LogP contribution in [0.3, 0.4) is 0 Å². The second kappa shape index (κ2) is 11.4. The van der Waals surface area contributed by atoms with Crippen molar-refractivity contribution >= 4 is 17.9 Å². The number of hydrogen-bond donors (Lipinski definition) is 0. The lowest BCUT2D eigenvalue weighted by molar-refractivity contribution is -0.155. The quantitative estimate of drug-likeness (QED) is 0.359. The topological polar surface area (TPSA) is 97.4 Å². The minimum atomic E-state index is -1.10. The molecule has 4 rings (SSSR count). The molecular weight excluding hydrogens is 452 g/mol. The van der Waals surface area contributed by atoms with Crippen molar-refractivity contribution in [2.24, 2.45) is 0 Å². The van der Waals surface area contributed by atoms with Crippen LogP contribution >= 0.6 is 0 Å². The van der Waals surface area contributed by atoms with E-state index in [4.69, 9.17) is 23.7 Å². The second-order valence-electron chi connectivity index (χ2n) is 7.72. The van der Waals surface area contributed by atoms with Gasteiger partial charge in [0.05, 0.1) is 16.7 Å². The maximum atomic E-state index is 12.8. The second-order valence-corrected chi connectivity index (χ2v) is 7.72. The van der Waals surface area contributed by atoms with E-state index in [0.717, 1.165) is 0 Å². The standard InChI is InChI=1S/C27H24O8/c1-31-27-23(35-26(30)20-15-9-4-10-16-20)22(34-25(29)19-13-7-3-8-14-19)21(33-27)17-32-24(28)18-11-5-2-6-12-18/h2-16,21-23,27H,17H2,1H3/t21-,22?,23-,27-/m0/s1. The van der Waals surface area contributed by atoms with Crippen LogP contribution in [-0.4, -0.2) is 56.2 Å². The molecule has 35 heavy (non-hydrogen) atoms. The van der Waals surface area contributed by atoms with Gasteiger partial charge in [0.25, 0.3) is 0 Å². The summed E-state index contributed by atoms with van der Waals surface area (Å²) >= 11 is 0. The number of carbonyl (C=O) groups is 3. The van der Waals surface area contributed by atoms with Gasteiger partial charge in [0, 0.05) is 7.11 Å². The van der Waals surface area contributed by atoms with E-state index in [9.17, 15) is 14.4 Å². The molecule has 0 saturated carbocycles. The van der Waals surface area contributed by atoms with Gasteiger partial charge in [-0.05, 0) is 36.4 Å². The third-order valence-corrected chi connectivity index (χ3v) is 5.39. The Kier molecular flexibility index (Phi) is 7.87. The van der Waals surface area contributed by atoms with Gasteiger partial charge in [-0.1, -0.05) is 54.6 Å². The number of hydrogen-bond acceptors (Lipinski definition) is 8. The van der Waals surface area contributed by atoms with E-state index in [1.54, 1.807) is 91.0 Å².